The third-order valence-electron chi connectivity index (χ3n) is 3.27. The highest BCUT2D eigenvalue weighted by molar-refractivity contribution is 6.05. The number of para-hydroxylation sites is 1. The molecule has 2 aromatic carbocycles. The van der Waals surface area contributed by atoms with Gasteiger partial charge in [0.15, 0.2) is 5.78 Å². The third kappa shape index (κ3) is 2.94. The Balaban J connectivity index is 2.22. The highest BCUT2D eigenvalue weighted by Crippen LogP contribution is 2.20. The summed E-state index contributed by atoms with van der Waals surface area (Å²) < 4.78 is 0. The molecule has 0 saturated heterocycles. The van der Waals surface area contributed by atoms with E-state index in [4.69, 9.17) is 0 Å². The van der Waals surface area contributed by atoms with Gasteiger partial charge >= 0.3 is 0 Å². The van der Waals surface area contributed by atoms with Crippen LogP contribution in [0.4, 0.5) is 5.69 Å². The smallest absolute Gasteiger partial charge is 0.255 e. The first-order chi connectivity index (χ1) is 9.49. The Morgan fingerprint density at radius 3 is 1.85 bits per heavy atom. The van der Waals surface area contributed by atoms with Crippen LogP contribution in [0.2, 0.25) is 0 Å². The Labute approximate surface area is 118 Å². The van der Waals surface area contributed by atoms with Gasteiger partial charge in [-0.05, 0) is 44.0 Å². The van der Waals surface area contributed by atoms with E-state index < -0.39 is 0 Å². The van der Waals surface area contributed by atoms with E-state index in [1.165, 1.54) is 6.92 Å². The monoisotopic (exact) mass is 267 g/mol. The number of benzene rings is 2. The van der Waals surface area contributed by atoms with Gasteiger partial charge in [-0.3, -0.25) is 9.59 Å². The molecule has 102 valence electrons. The molecule has 3 nitrogen and oxygen atoms in total. The van der Waals surface area contributed by atoms with Crippen molar-refractivity contribution in [1.29, 1.82) is 0 Å². The van der Waals surface area contributed by atoms with Crippen LogP contribution in [0.1, 0.15) is 38.8 Å². The van der Waals surface area contributed by atoms with Gasteiger partial charge in [-0.2, -0.15) is 0 Å². The summed E-state index contributed by atoms with van der Waals surface area (Å²) in [7, 11) is 0. The lowest BCUT2D eigenvalue weighted by Gasteiger charge is -2.11. The Morgan fingerprint density at radius 1 is 0.850 bits per heavy atom. The zero-order chi connectivity index (χ0) is 14.7. The molecule has 0 atom stereocenters. The van der Waals surface area contributed by atoms with E-state index in [1.807, 2.05) is 32.0 Å². The van der Waals surface area contributed by atoms with Gasteiger partial charge in [0, 0.05) is 16.8 Å². The van der Waals surface area contributed by atoms with Gasteiger partial charge in [0.2, 0.25) is 0 Å². The molecule has 0 unspecified atom stereocenters. The van der Waals surface area contributed by atoms with E-state index in [0.29, 0.717) is 11.1 Å². The van der Waals surface area contributed by atoms with E-state index in [-0.39, 0.29) is 11.7 Å². The van der Waals surface area contributed by atoms with Gasteiger partial charge in [0.25, 0.3) is 5.91 Å². The zero-order valence-corrected chi connectivity index (χ0v) is 11.9. The van der Waals surface area contributed by atoms with Gasteiger partial charge in [-0.15, -0.1) is 0 Å². The first-order valence-corrected chi connectivity index (χ1v) is 6.47. The van der Waals surface area contributed by atoms with Crippen LogP contribution < -0.4 is 5.32 Å². The van der Waals surface area contributed by atoms with E-state index >= 15 is 0 Å². The summed E-state index contributed by atoms with van der Waals surface area (Å²) in [6.07, 6.45) is 0. The van der Waals surface area contributed by atoms with E-state index in [9.17, 15) is 9.59 Å². The number of carbonyl (C=O) groups excluding carboxylic acids is 2. The maximum atomic E-state index is 12.2. The summed E-state index contributed by atoms with van der Waals surface area (Å²) in [4.78, 5) is 23.4. The quantitative estimate of drug-likeness (QED) is 0.861. The minimum absolute atomic E-state index is 0.00768. The van der Waals surface area contributed by atoms with Gasteiger partial charge in [-0.25, -0.2) is 0 Å². The number of aryl methyl sites for hydroxylation is 2. The third-order valence-corrected chi connectivity index (χ3v) is 3.27. The molecule has 0 radical (unpaired) electrons. The highest BCUT2D eigenvalue weighted by atomic mass is 16.1. The van der Waals surface area contributed by atoms with Crippen molar-refractivity contribution in [1.82, 2.24) is 0 Å². The van der Waals surface area contributed by atoms with Crippen LogP contribution in [-0.4, -0.2) is 11.7 Å². The Hall–Kier alpha value is -2.42. The predicted molar refractivity (Wildman–Crippen MR) is 80.3 cm³/mol. The number of anilines is 1. The molecular formula is C17H17NO2. The predicted octanol–water partition coefficient (Wildman–Crippen LogP) is 3.76. The summed E-state index contributed by atoms with van der Waals surface area (Å²) in [6, 6.07) is 12.5. The molecule has 1 amide bonds. The topological polar surface area (TPSA) is 46.2 Å². The number of hydrogen-bond acceptors (Lipinski definition) is 2. The number of hydrogen-bond donors (Lipinski definition) is 1. The molecule has 3 heteroatoms. The molecule has 0 aliphatic heterocycles. The Bertz CT molecular complexity index is 637. The normalized spacial score (nSPS) is 10.2. The summed E-state index contributed by atoms with van der Waals surface area (Å²) in [5, 5.41) is 2.92. The van der Waals surface area contributed by atoms with Gasteiger partial charge < -0.3 is 5.32 Å². The standard InChI is InChI=1S/C17H17NO2/c1-11-5-4-6-12(2)16(11)18-17(20)15-9-7-14(8-10-15)13(3)19/h4-10H,1-3H3,(H,18,20). The van der Waals surface area contributed by atoms with Crippen molar-refractivity contribution in [2.45, 2.75) is 20.8 Å². The lowest BCUT2D eigenvalue weighted by atomic mass is 10.1. The molecule has 1 N–H and O–H groups in total. The fourth-order valence-corrected chi connectivity index (χ4v) is 2.05. The first kappa shape index (κ1) is 14.0. The second-order valence-electron chi connectivity index (χ2n) is 4.85. The molecule has 0 heterocycles. The average molecular weight is 267 g/mol. The van der Waals surface area contributed by atoms with Crippen molar-refractivity contribution in [2.75, 3.05) is 5.32 Å². The number of nitrogens with one attached hydrogen (secondary N) is 1. The minimum Gasteiger partial charge on any atom is -0.322 e. The molecule has 0 fully saturated rings. The lowest BCUT2D eigenvalue weighted by molar-refractivity contribution is 0.100. The molecule has 0 bridgehead atoms. The van der Waals surface area contributed by atoms with Crippen LogP contribution in [0.5, 0.6) is 0 Å². The number of Topliss-reactive ketones (excluding diaryl/α,β-unsaturated/α-hetero) is 1. The Morgan fingerprint density at radius 2 is 1.35 bits per heavy atom. The molecule has 2 aromatic rings. The minimum atomic E-state index is -0.169. The summed E-state index contributed by atoms with van der Waals surface area (Å²) in [5.74, 6) is -0.177. The van der Waals surface area contributed by atoms with Gasteiger partial charge in [-0.1, -0.05) is 30.3 Å². The maximum absolute atomic E-state index is 12.2. The molecule has 0 aliphatic rings. The van der Waals surface area contributed by atoms with Crippen molar-refractivity contribution in [3.05, 3.63) is 64.7 Å². The summed E-state index contributed by atoms with van der Waals surface area (Å²) in [5.41, 5.74) is 4.04. The second-order valence-corrected chi connectivity index (χ2v) is 4.85. The van der Waals surface area contributed by atoms with Crippen molar-refractivity contribution >= 4 is 17.4 Å². The van der Waals surface area contributed by atoms with Gasteiger partial charge in [0.05, 0.1) is 0 Å². The van der Waals surface area contributed by atoms with E-state index in [1.54, 1.807) is 24.3 Å². The van der Waals surface area contributed by atoms with E-state index in [0.717, 1.165) is 16.8 Å². The van der Waals surface area contributed by atoms with E-state index in [2.05, 4.69) is 5.32 Å². The largest absolute Gasteiger partial charge is 0.322 e. The van der Waals surface area contributed by atoms with Gasteiger partial charge in [0.1, 0.15) is 0 Å². The van der Waals surface area contributed by atoms with Crippen molar-refractivity contribution in [2.24, 2.45) is 0 Å². The molecule has 2 rings (SSSR count). The fourth-order valence-electron chi connectivity index (χ4n) is 2.05. The fraction of sp³-hybridized carbons (Fsp3) is 0.176. The molecular weight excluding hydrogens is 250 g/mol. The van der Waals surface area contributed by atoms with Crippen LogP contribution in [0.15, 0.2) is 42.5 Å². The molecule has 0 saturated carbocycles. The lowest BCUT2D eigenvalue weighted by Crippen LogP contribution is -2.13. The molecule has 0 aromatic heterocycles. The molecule has 0 aliphatic carbocycles. The average Bonchev–Trinajstić information content (AvgIpc) is 2.43. The second kappa shape index (κ2) is 5.70. The van der Waals surface area contributed by atoms with Crippen molar-refractivity contribution in [3.8, 4) is 0 Å². The first-order valence-electron chi connectivity index (χ1n) is 6.47. The molecule has 0 spiro atoms. The molecule has 20 heavy (non-hydrogen) atoms. The maximum Gasteiger partial charge on any atom is 0.255 e. The number of carbonyl (C=O) groups is 2. The number of rotatable bonds is 3. The van der Waals surface area contributed by atoms with Crippen LogP contribution in [0.25, 0.3) is 0 Å². The van der Waals surface area contributed by atoms with Crippen LogP contribution >= 0.6 is 0 Å². The SMILES string of the molecule is CC(=O)c1ccc(C(=O)Nc2c(C)cccc2C)cc1. The number of amides is 1. The highest BCUT2D eigenvalue weighted by Gasteiger charge is 2.10. The summed E-state index contributed by atoms with van der Waals surface area (Å²) in [6.45, 7) is 5.43. The van der Waals surface area contributed by atoms with Crippen LogP contribution in [0, 0.1) is 13.8 Å². The number of ketones is 1. The van der Waals surface area contributed by atoms with Crippen molar-refractivity contribution < 1.29 is 9.59 Å². The van der Waals surface area contributed by atoms with Crippen LogP contribution in [0.3, 0.4) is 0 Å². The summed E-state index contributed by atoms with van der Waals surface area (Å²) >= 11 is 0. The van der Waals surface area contributed by atoms with Crippen molar-refractivity contribution in [3.63, 3.8) is 0 Å². The Kier molecular flexibility index (Phi) is 3.99. The zero-order valence-electron chi connectivity index (χ0n) is 11.9. The van der Waals surface area contributed by atoms with Crippen LogP contribution in [-0.2, 0) is 0 Å².